The Bertz CT molecular complexity index is 899. The molecule has 0 spiro atoms. The number of aromatic nitrogens is 1. The first-order chi connectivity index (χ1) is 12.4. The van der Waals surface area contributed by atoms with Gasteiger partial charge in [-0.2, -0.15) is 0 Å². The lowest BCUT2D eigenvalue weighted by molar-refractivity contribution is -0.142. The first-order valence-corrected chi connectivity index (χ1v) is 9.57. The smallest absolute Gasteiger partial charge is 0.341 e. The average Bonchev–Trinajstić information content (AvgIpc) is 3.26. The number of amides is 1. The van der Waals surface area contributed by atoms with Gasteiger partial charge >= 0.3 is 11.9 Å². The number of esters is 2. The second-order valence-electron chi connectivity index (χ2n) is 5.85. The number of rotatable bonds is 4. The highest BCUT2D eigenvalue weighted by molar-refractivity contribution is 7.17. The molecule has 7 nitrogen and oxygen atoms in total. The van der Waals surface area contributed by atoms with Crippen molar-refractivity contribution in [1.82, 2.24) is 4.98 Å². The normalized spacial score (nSPS) is 15.5. The third-order valence-electron chi connectivity index (χ3n) is 4.24. The molecule has 2 aromatic heterocycles. The van der Waals surface area contributed by atoms with Gasteiger partial charge in [0.2, 0.25) is 0 Å². The van der Waals surface area contributed by atoms with Crippen LogP contribution in [0.1, 0.15) is 53.5 Å². The van der Waals surface area contributed by atoms with Gasteiger partial charge in [-0.25, -0.2) is 9.78 Å². The number of anilines is 1. The van der Waals surface area contributed by atoms with Crippen LogP contribution in [0.3, 0.4) is 0 Å². The minimum Gasteiger partial charge on any atom is -0.469 e. The molecular formula is C17H18N2O5S2. The molecule has 1 atom stereocenters. The molecule has 1 amide bonds. The van der Waals surface area contributed by atoms with Crippen LogP contribution in [0.25, 0.3) is 0 Å². The number of carbonyl (C=O) groups is 3. The first-order valence-electron chi connectivity index (χ1n) is 7.94. The van der Waals surface area contributed by atoms with E-state index in [0.29, 0.717) is 34.0 Å². The maximum Gasteiger partial charge on any atom is 0.341 e. The van der Waals surface area contributed by atoms with E-state index in [1.54, 1.807) is 6.92 Å². The predicted molar refractivity (Wildman–Crippen MR) is 98.3 cm³/mol. The van der Waals surface area contributed by atoms with Crippen LogP contribution in [0.15, 0.2) is 0 Å². The predicted octanol–water partition coefficient (Wildman–Crippen LogP) is 3.06. The topological polar surface area (TPSA) is 94.6 Å². The minimum atomic E-state index is -0.578. The summed E-state index contributed by atoms with van der Waals surface area (Å²) in [6.07, 6.45) is 1.23. The average molecular weight is 394 g/mol. The van der Waals surface area contributed by atoms with E-state index in [-0.39, 0.29) is 11.5 Å². The highest BCUT2D eigenvalue weighted by Gasteiger charge is 2.38. The van der Waals surface area contributed by atoms with E-state index in [4.69, 9.17) is 9.47 Å². The summed E-state index contributed by atoms with van der Waals surface area (Å²) in [5.74, 6) is -1.81. The summed E-state index contributed by atoms with van der Waals surface area (Å²) >= 11 is 2.60. The molecule has 9 heteroatoms. The van der Waals surface area contributed by atoms with Crippen LogP contribution >= 0.6 is 22.7 Å². The standard InChI is InChI=1S/C17H18N2O5S2/c1-7-13(25-8(2)18-7)14(20)19-15-12(17(22)24-4)11-9(16(21)23-3)5-6-10(11)26-15/h9H,5-6H2,1-4H3,(H,19,20)/t9-/m0/s1. The van der Waals surface area contributed by atoms with Crippen LogP contribution in [0.2, 0.25) is 0 Å². The van der Waals surface area contributed by atoms with Gasteiger partial charge in [0.25, 0.3) is 5.91 Å². The van der Waals surface area contributed by atoms with Crippen LogP contribution in [0.4, 0.5) is 5.00 Å². The number of thiophene rings is 1. The van der Waals surface area contributed by atoms with Gasteiger partial charge in [-0.15, -0.1) is 22.7 Å². The Hall–Kier alpha value is -2.26. The van der Waals surface area contributed by atoms with Gasteiger partial charge in [0.1, 0.15) is 9.88 Å². The van der Waals surface area contributed by atoms with Crippen molar-refractivity contribution in [3.05, 3.63) is 31.6 Å². The number of nitrogens with one attached hydrogen (secondary N) is 1. The lowest BCUT2D eigenvalue weighted by atomic mass is 9.99. The van der Waals surface area contributed by atoms with Crippen LogP contribution in [-0.4, -0.2) is 37.0 Å². The van der Waals surface area contributed by atoms with Crippen molar-refractivity contribution in [2.45, 2.75) is 32.6 Å². The number of fused-ring (bicyclic) bond motifs is 1. The van der Waals surface area contributed by atoms with Gasteiger partial charge in [-0.05, 0) is 32.3 Å². The Kier molecular flexibility index (Phi) is 5.10. The lowest BCUT2D eigenvalue weighted by Gasteiger charge is -2.11. The zero-order chi connectivity index (χ0) is 19.0. The fourth-order valence-corrected chi connectivity index (χ4v) is 5.21. The number of thiazole rings is 1. The highest BCUT2D eigenvalue weighted by atomic mass is 32.1. The molecule has 3 rings (SSSR count). The van der Waals surface area contributed by atoms with E-state index < -0.39 is 17.9 Å². The molecule has 138 valence electrons. The molecule has 2 heterocycles. The summed E-state index contributed by atoms with van der Waals surface area (Å²) in [4.78, 5) is 42.7. The second-order valence-corrected chi connectivity index (χ2v) is 8.16. The monoisotopic (exact) mass is 394 g/mol. The van der Waals surface area contributed by atoms with Crippen molar-refractivity contribution in [2.75, 3.05) is 19.5 Å². The van der Waals surface area contributed by atoms with Crippen LogP contribution in [-0.2, 0) is 20.7 Å². The summed E-state index contributed by atoms with van der Waals surface area (Å²) in [6.45, 7) is 3.59. The van der Waals surface area contributed by atoms with E-state index in [1.807, 2.05) is 6.92 Å². The minimum absolute atomic E-state index is 0.243. The molecule has 1 N–H and O–H groups in total. The molecule has 2 aromatic rings. The van der Waals surface area contributed by atoms with Gasteiger partial charge in [0, 0.05) is 4.88 Å². The van der Waals surface area contributed by atoms with Crippen molar-refractivity contribution in [3.63, 3.8) is 0 Å². The summed E-state index contributed by atoms with van der Waals surface area (Å²) in [5, 5.41) is 3.99. The quantitative estimate of drug-likeness (QED) is 0.801. The number of hydrogen-bond donors (Lipinski definition) is 1. The number of aryl methyl sites for hydroxylation is 3. The maximum atomic E-state index is 12.6. The van der Waals surface area contributed by atoms with Gasteiger partial charge < -0.3 is 14.8 Å². The fourth-order valence-electron chi connectivity index (χ4n) is 3.14. The van der Waals surface area contributed by atoms with E-state index in [2.05, 4.69) is 10.3 Å². The molecular weight excluding hydrogens is 376 g/mol. The van der Waals surface area contributed by atoms with Crippen molar-refractivity contribution >= 4 is 45.5 Å². The second kappa shape index (κ2) is 7.16. The molecule has 0 aliphatic heterocycles. The summed E-state index contributed by atoms with van der Waals surface area (Å²) in [7, 11) is 2.60. The van der Waals surface area contributed by atoms with Crippen molar-refractivity contribution in [1.29, 1.82) is 0 Å². The lowest BCUT2D eigenvalue weighted by Crippen LogP contribution is -2.17. The number of ether oxygens (including phenoxy) is 2. The summed E-state index contributed by atoms with van der Waals surface area (Å²) in [5.41, 5.74) is 1.50. The largest absolute Gasteiger partial charge is 0.469 e. The Morgan fingerprint density at radius 2 is 1.88 bits per heavy atom. The maximum absolute atomic E-state index is 12.6. The van der Waals surface area contributed by atoms with Crippen molar-refractivity contribution in [3.8, 4) is 0 Å². The van der Waals surface area contributed by atoms with E-state index in [0.717, 1.165) is 9.88 Å². The number of nitrogens with zero attached hydrogens (tertiary/aromatic N) is 1. The van der Waals surface area contributed by atoms with E-state index >= 15 is 0 Å². The molecule has 0 bridgehead atoms. The molecule has 1 aliphatic rings. The van der Waals surface area contributed by atoms with Gasteiger partial charge in [-0.1, -0.05) is 0 Å². The van der Waals surface area contributed by atoms with Crippen LogP contribution in [0, 0.1) is 13.8 Å². The highest BCUT2D eigenvalue weighted by Crippen LogP contribution is 2.46. The number of hydrogen-bond acceptors (Lipinski definition) is 8. The number of methoxy groups -OCH3 is 2. The molecule has 0 aromatic carbocycles. The molecule has 1 aliphatic carbocycles. The Balaban J connectivity index is 2.00. The molecule has 0 radical (unpaired) electrons. The van der Waals surface area contributed by atoms with Crippen LogP contribution in [0.5, 0.6) is 0 Å². The summed E-state index contributed by atoms with van der Waals surface area (Å²) < 4.78 is 9.75. The molecule has 0 unspecified atom stereocenters. The molecule has 0 fully saturated rings. The Morgan fingerprint density at radius 1 is 1.15 bits per heavy atom. The van der Waals surface area contributed by atoms with Crippen molar-refractivity contribution in [2.24, 2.45) is 0 Å². The van der Waals surface area contributed by atoms with E-state index in [9.17, 15) is 14.4 Å². The first kappa shape index (κ1) is 18.5. The zero-order valence-electron chi connectivity index (χ0n) is 14.8. The fraction of sp³-hybridized carbons (Fsp3) is 0.412. The molecule has 0 saturated heterocycles. The van der Waals surface area contributed by atoms with Gasteiger partial charge in [-0.3, -0.25) is 9.59 Å². The van der Waals surface area contributed by atoms with Gasteiger partial charge in [0.15, 0.2) is 0 Å². The SMILES string of the molecule is COC(=O)c1c(NC(=O)c2sc(C)nc2C)sc2c1[C@@H](C(=O)OC)CC2. The van der Waals surface area contributed by atoms with E-state index in [1.165, 1.54) is 36.9 Å². The number of carbonyl (C=O) groups excluding carboxylic acids is 3. The Morgan fingerprint density at radius 3 is 2.46 bits per heavy atom. The molecule has 0 saturated carbocycles. The zero-order valence-corrected chi connectivity index (χ0v) is 16.4. The molecule has 26 heavy (non-hydrogen) atoms. The third kappa shape index (κ3) is 3.12. The summed E-state index contributed by atoms with van der Waals surface area (Å²) in [6, 6.07) is 0. The van der Waals surface area contributed by atoms with Crippen molar-refractivity contribution < 1.29 is 23.9 Å². The van der Waals surface area contributed by atoms with Crippen LogP contribution < -0.4 is 5.32 Å². The van der Waals surface area contributed by atoms with Gasteiger partial charge in [0.05, 0.1) is 36.4 Å². The Labute approximate surface area is 158 Å². The third-order valence-corrected chi connectivity index (χ3v) is 6.50.